The van der Waals surface area contributed by atoms with Crippen LogP contribution in [0, 0.1) is 19.7 Å². The zero-order valence-corrected chi connectivity index (χ0v) is 18.3. The third kappa shape index (κ3) is 4.18. The van der Waals surface area contributed by atoms with Crippen LogP contribution in [0.4, 0.5) is 17.6 Å². The first kappa shape index (κ1) is 21.9. The van der Waals surface area contributed by atoms with Crippen LogP contribution in [0.1, 0.15) is 17.0 Å². The lowest BCUT2D eigenvalue weighted by molar-refractivity contribution is -0.142. The number of aromatic nitrogens is 5. The predicted molar refractivity (Wildman–Crippen MR) is 117 cm³/mol. The molecule has 0 unspecified atom stereocenters. The van der Waals surface area contributed by atoms with Gasteiger partial charge in [0.25, 0.3) is 0 Å². The van der Waals surface area contributed by atoms with E-state index < -0.39 is 12.7 Å². The molecule has 0 radical (unpaired) electrons. The SMILES string of the molecule is Cc1noc(C)c1-c1cnc2c(-c3cnn(CC(F)(F)F)c3)cn(Cc3ccc(F)cc3)c2c1. The molecule has 0 atom stereocenters. The Morgan fingerprint density at radius 1 is 1.00 bits per heavy atom. The van der Waals surface area contributed by atoms with E-state index in [9.17, 15) is 17.6 Å². The molecule has 174 valence electrons. The van der Waals surface area contributed by atoms with E-state index >= 15 is 0 Å². The van der Waals surface area contributed by atoms with Gasteiger partial charge in [-0.05, 0) is 37.6 Å². The van der Waals surface area contributed by atoms with E-state index in [0.717, 1.165) is 32.6 Å². The second kappa shape index (κ2) is 8.12. The number of hydrogen-bond donors (Lipinski definition) is 0. The number of halogens is 4. The minimum Gasteiger partial charge on any atom is -0.361 e. The summed E-state index contributed by atoms with van der Waals surface area (Å²) in [7, 11) is 0. The lowest BCUT2D eigenvalue weighted by Crippen LogP contribution is -2.17. The molecule has 1 aromatic carbocycles. The second-order valence-corrected chi connectivity index (χ2v) is 8.13. The molecular formula is C24H19F4N5O. The van der Waals surface area contributed by atoms with E-state index in [0.29, 0.717) is 28.9 Å². The van der Waals surface area contributed by atoms with Gasteiger partial charge >= 0.3 is 6.18 Å². The third-order valence-electron chi connectivity index (χ3n) is 5.59. The molecule has 5 aromatic rings. The van der Waals surface area contributed by atoms with Gasteiger partial charge in [0, 0.05) is 47.4 Å². The number of hydrogen-bond acceptors (Lipinski definition) is 4. The molecule has 34 heavy (non-hydrogen) atoms. The number of benzene rings is 1. The largest absolute Gasteiger partial charge is 0.408 e. The summed E-state index contributed by atoms with van der Waals surface area (Å²) in [5.41, 5.74) is 5.78. The molecule has 0 amide bonds. The molecule has 0 aliphatic carbocycles. The van der Waals surface area contributed by atoms with Crippen molar-refractivity contribution < 1.29 is 22.1 Å². The van der Waals surface area contributed by atoms with E-state index in [1.807, 2.05) is 30.7 Å². The first-order valence-electron chi connectivity index (χ1n) is 10.4. The van der Waals surface area contributed by atoms with Crippen molar-refractivity contribution in [2.75, 3.05) is 0 Å². The smallest absolute Gasteiger partial charge is 0.361 e. The normalized spacial score (nSPS) is 12.1. The zero-order valence-electron chi connectivity index (χ0n) is 18.3. The summed E-state index contributed by atoms with van der Waals surface area (Å²) in [5, 5.41) is 7.87. The van der Waals surface area contributed by atoms with Crippen molar-refractivity contribution in [1.82, 2.24) is 24.5 Å². The Morgan fingerprint density at radius 3 is 2.44 bits per heavy atom. The van der Waals surface area contributed by atoms with Crippen LogP contribution in [0.15, 0.2) is 59.6 Å². The Balaban J connectivity index is 1.64. The Bertz CT molecular complexity index is 1460. The maximum atomic E-state index is 13.4. The number of nitrogens with zero attached hydrogens (tertiary/aromatic N) is 5. The summed E-state index contributed by atoms with van der Waals surface area (Å²) in [6, 6.07) is 8.09. The van der Waals surface area contributed by atoms with Crippen molar-refractivity contribution in [1.29, 1.82) is 0 Å². The van der Waals surface area contributed by atoms with Crippen molar-refractivity contribution in [3.8, 4) is 22.3 Å². The van der Waals surface area contributed by atoms with Gasteiger partial charge in [-0.15, -0.1) is 0 Å². The standard InChI is InChI=1S/C24H19F4N5O/c1-14-22(15(2)34-31-14)17-7-21-23(29-8-17)20(18-9-30-33(11-18)13-24(26,27)28)12-32(21)10-16-3-5-19(25)6-4-16/h3-9,11-12H,10,13H2,1-2H3. The van der Waals surface area contributed by atoms with Crippen LogP contribution < -0.4 is 0 Å². The van der Waals surface area contributed by atoms with Crippen molar-refractivity contribution >= 4 is 11.0 Å². The highest BCUT2D eigenvalue weighted by atomic mass is 19.4. The highest BCUT2D eigenvalue weighted by molar-refractivity contribution is 5.94. The van der Waals surface area contributed by atoms with Crippen LogP contribution in [-0.4, -0.2) is 30.7 Å². The lowest BCUT2D eigenvalue weighted by Gasteiger charge is -2.07. The molecule has 0 spiro atoms. The number of alkyl halides is 3. The van der Waals surface area contributed by atoms with Gasteiger partial charge in [0.05, 0.1) is 22.9 Å². The molecule has 0 fully saturated rings. The molecule has 6 nitrogen and oxygen atoms in total. The molecule has 0 saturated carbocycles. The molecule has 0 aliphatic rings. The molecule has 0 bridgehead atoms. The lowest BCUT2D eigenvalue weighted by atomic mass is 10.1. The molecule has 4 aromatic heterocycles. The second-order valence-electron chi connectivity index (χ2n) is 8.13. The van der Waals surface area contributed by atoms with Gasteiger partial charge in [0.1, 0.15) is 18.1 Å². The van der Waals surface area contributed by atoms with Gasteiger partial charge in [-0.3, -0.25) is 9.67 Å². The van der Waals surface area contributed by atoms with Gasteiger partial charge < -0.3 is 9.09 Å². The van der Waals surface area contributed by atoms with Crippen LogP contribution in [-0.2, 0) is 13.1 Å². The van der Waals surface area contributed by atoms with E-state index in [2.05, 4.69) is 15.2 Å². The molecule has 0 N–H and O–H groups in total. The van der Waals surface area contributed by atoms with Crippen LogP contribution >= 0.6 is 0 Å². The fraction of sp³-hybridized carbons (Fsp3) is 0.208. The zero-order chi connectivity index (χ0) is 24.0. The summed E-state index contributed by atoms with van der Waals surface area (Å²) < 4.78 is 59.9. The monoisotopic (exact) mass is 469 g/mol. The van der Waals surface area contributed by atoms with Crippen LogP contribution in [0.3, 0.4) is 0 Å². The van der Waals surface area contributed by atoms with Gasteiger partial charge in [-0.25, -0.2) is 4.39 Å². The van der Waals surface area contributed by atoms with Gasteiger partial charge in [0.15, 0.2) is 0 Å². The summed E-state index contributed by atoms with van der Waals surface area (Å²) in [6.07, 6.45) is 1.90. The quantitative estimate of drug-likeness (QED) is 0.300. The molecule has 0 saturated heterocycles. The van der Waals surface area contributed by atoms with E-state index in [1.165, 1.54) is 24.5 Å². The first-order valence-corrected chi connectivity index (χ1v) is 10.4. The Labute approximate surface area is 191 Å². The minimum atomic E-state index is -4.37. The Hall–Kier alpha value is -3.95. The van der Waals surface area contributed by atoms with Gasteiger partial charge in [0.2, 0.25) is 0 Å². The molecule has 5 rings (SSSR count). The minimum absolute atomic E-state index is 0.332. The predicted octanol–water partition coefficient (Wildman–Crippen LogP) is 5.92. The van der Waals surface area contributed by atoms with E-state index in [1.54, 1.807) is 18.3 Å². The highest BCUT2D eigenvalue weighted by Crippen LogP contribution is 2.34. The number of aryl methyl sites for hydroxylation is 2. The first-order chi connectivity index (χ1) is 16.2. The number of pyridine rings is 1. The number of rotatable bonds is 5. The van der Waals surface area contributed by atoms with Crippen LogP contribution in [0.2, 0.25) is 0 Å². The van der Waals surface area contributed by atoms with Crippen molar-refractivity contribution in [3.05, 3.63) is 78.0 Å². The third-order valence-corrected chi connectivity index (χ3v) is 5.59. The average Bonchev–Trinajstić information content (AvgIpc) is 3.46. The molecule has 10 heteroatoms. The molecular weight excluding hydrogens is 450 g/mol. The van der Waals surface area contributed by atoms with Crippen molar-refractivity contribution in [2.45, 2.75) is 33.1 Å². The Kier molecular flexibility index (Phi) is 5.22. The fourth-order valence-corrected chi connectivity index (χ4v) is 4.10. The highest BCUT2D eigenvalue weighted by Gasteiger charge is 2.28. The maximum Gasteiger partial charge on any atom is 0.408 e. The van der Waals surface area contributed by atoms with Gasteiger partial charge in [-0.2, -0.15) is 18.3 Å². The van der Waals surface area contributed by atoms with Crippen LogP contribution in [0.25, 0.3) is 33.3 Å². The van der Waals surface area contributed by atoms with Crippen molar-refractivity contribution in [3.63, 3.8) is 0 Å². The Morgan fingerprint density at radius 2 is 1.76 bits per heavy atom. The molecule has 4 heterocycles. The van der Waals surface area contributed by atoms with E-state index in [4.69, 9.17) is 4.52 Å². The van der Waals surface area contributed by atoms with E-state index in [-0.39, 0.29) is 5.82 Å². The topological polar surface area (TPSA) is 61.7 Å². The summed E-state index contributed by atoms with van der Waals surface area (Å²) in [4.78, 5) is 4.65. The maximum absolute atomic E-state index is 13.4. The number of fused-ring (bicyclic) bond motifs is 1. The summed E-state index contributed by atoms with van der Waals surface area (Å²) in [5.74, 6) is 0.324. The molecule has 0 aliphatic heterocycles. The average molecular weight is 469 g/mol. The summed E-state index contributed by atoms with van der Waals surface area (Å²) >= 11 is 0. The van der Waals surface area contributed by atoms with Crippen LogP contribution in [0.5, 0.6) is 0 Å². The summed E-state index contributed by atoms with van der Waals surface area (Å²) in [6.45, 7) is 2.90. The van der Waals surface area contributed by atoms with Gasteiger partial charge in [-0.1, -0.05) is 17.3 Å². The fourth-order valence-electron chi connectivity index (χ4n) is 4.10. The van der Waals surface area contributed by atoms with Crippen molar-refractivity contribution in [2.24, 2.45) is 0 Å².